The van der Waals surface area contributed by atoms with Crippen LogP contribution in [0.2, 0.25) is 0 Å². The molecule has 1 rings (SSSR count). The van der Waals surface area contributed by atoms with Gasteiger partial charge in [-0.05, 0) is 25.2 Å². The number of hydrogen-bond donors (Lipinski definition) is 0. The van der Waals surface area contributed by atoms with Crippen molar-refractivity contribution in [1.82, 2.24) is 4.90 Å². The molecule has 0 aromatic heterocycles. The van der Waals surface area contributed by atoms with E-state index in [1.54, 1.807) is 11.9 Å². The normalized spacial score (nSPS) is 22.2. The van der Waals surface area contributed by atoms with Crippen molar-refractivity contribution in [3.63, 3.8) is 0 Å². The Labute approximate surface area is 97.2 Å². The van der Waals surface area contributed by atoms with Crippen LogP contribution < -0.4 is 0 Å². The molecular formula is C12H20N2O2. The van der Waals surface area contributed by atoms with E-state index in [0.717, 1.165) is 26.1 Å². The number of carbonyl (C=O) groups excluding carboxylic acids is 1. The average Bonchev–Trinajstić information content (AvgIpc) is 2.31. The number of carbonyl (C=O) groups is 1. The van der Waals surface area contributed by atoms with E-state index in [-0.39, 0.29) is 5.91 Å². The van der Waals surface area contributed by atoms with Crippen LogP contribution >= 0.6 is 0 Å². The van der Waals surface area contributed by atoms with E-state index < -0.39 is 5.92 Å². The van der Waals surface area contributed by atoms with E-state index in [1.807, 2.05) is 13.0 Å². The smallest absolute Gasteiger partial charge is 0.239 e. The van der Waals surface area contributed by atoms with Crippen molar-refractivity contribution >= 4 is 5.91 Å². The van der Waals surface area contributed by atoms with Crippen LogP contribution in [0.15, 0.2) is 0 Å². The lowest BCUT2D eigenvalue weighted by Gasteiger charge is -2.28. The first-order chi connectivity index (χ1) is 7.69. The lowest BCUT2D eigenvalue weighted by atomic mass is 10.0. The summed E-state index contributed by atoms with van der Waals surface area (Å²) in [7, 11) is 1.77. The number of nitrogens with zero attached hydrogens (tertiary/aromatic N) is 2. The summed E-state index contributed by atoms with van der Waals surface area (Å²) in [5, 5.41) is 8.83. The van der Waals surface area contributed by atoms with Crippen LogP contribution in [0.3, 0.4) is 0 Å². The highest BCUT2D eigenvalue weighted by Gasteiger charge is 2.23. The zero-order valence-corrected chi connectivity index (χ0v) is 10.1. The molecular weight excluding hydrogens is 204 g/mol. The number of amides is 1. The Morgan fingerprint density at radius 3 is 2.94 bits per heavy atom. The molecule has 0 N–H and O–H groups in total. The third-order valence-corrected chi connectivity index (χ3v) is 3.03. The zero-order chi connectivity index (χ0) is 12.0. The second-order valence-electron chi connectivity index (χ2n) is 4.39. The van der Waals surface area contributed by atoms with E-state index in [4.69, 9.17) is 10.00 Å². The van der Waals surface area contributed by atoms with Gasteiger partial charge in [0.15, 0.2) is 0 Å². The molecule has 1 aliphatic rings. The highest BCUT2D eigenvalue weighted by atomic mass is 16.5. The number of ether oxygens (including phenoxy) is 1. The Morgan fingerprint density at radius 2 is 2.44 bits per heavy atom. The first-order valence-corrected chi connectivity index (χ1v) is 5.91. The second kappa shape index (κ2) is 6.49. The van der Waals surface area contributed by atoms with E-state index in [9.17, 15) is 4.79 Å². The fourth-order valence-corrected chi connectivity index (χ4v) is 2.02. The quantitative estimate of drug-likeness (QED) is 0.725. The fraction of sp³-hybridized carbons (Fsp3) is 0.833. The summed E-state index contributed by atoms with van der Waals surface area (Å²) in [4.78, 5) is 13.5. The molecule has 0 bridgehead atoms. The molecule has 16 heavy (non-hydrogen) atoms. The van der Waals surface area contributed by atoms with Crippen LogP contribution in [-0.2, 0) is 9.53 Å². The molecule has 1 aliphatic heterocycles. The Hall–Kier alpha value is -1.08. The molecule has 1 heterocycles. The van der Waals surface area contributed by atoms with Crippen molar-refractivity contribution in [2.24, 2.45) is 11.8 Å². The third kappa shape index (κ3) is 3.49. The predicted molar refractivity (Wildman–Crippen MR) is 60.6 cm³/mol. The lowest BCUT2D eigenvalue weighted by molar-refractivity contribution is -0.133. The fourth-order valence-electron chi connectivity index (χ4n) is 2.02. The van der Waals surface area contributed by atoms with E-state index in [1.165, 1.54) is 0 Å². The van der Waals surface area contributed by atoms with E-state index in [2.05, 4.69) is 0 Å². The maximum atomic E-state index is 11.8. The molecule has 0 aromatic carbocycles. The topological polar surface area (TPSA) is 53.3 Å². The molecule has 4 nitrogen and oxygen atoms in total. The van der Waals surface area contributed by atoms with Gasteiger partial charge in [0.1, 0.15) is 5.92 Å². The molecule has 1 amide bonds. The first-order valence-electron chi connectivity index (χ1n) is 5.91. The summed E-state index contributed by atoms with van der Waals surface area (Å²) in [6.45, 7) is 4.14. The van der Waals surface area contributed by atoms with Gasteiger partial charge < -0.3 is 9.64 Å². The van der Waals surface area contributed by atoms with Crippen molar-refractivity contribution in [1.29, 1.82) is 5.26 Å². The SMILES string of the molecule is CCC(C#N)C(=O)N(C)CC1CCCOC1. The predicted octanol–water partition coefficient (Wildman–Crippen LogP) is 1.42. The number of nitriles is 1. The lowest BCUT2D eigenvalue weighted by Crippen LogP contribution is -2.38. The molecule has 0 radical (unpaired) electrons. The molecule has 1 saturated heterocycles. The Bertz CT molecular complexity index is 267. The zero-order valence-electron chi connectivity index (χ0n) is 10.1. The van der Waals surface area contributed by atoms with Crippen molar-refractivity contribution in [3.05, 3.63) is 0 Å². The summed E-state index contributed by atoms with van der Waals surface area (Å²) >= 11 is 0. The second-order valence-corrected chi connectivity index (χ2v) is 4.39. The van der Waals surface area contributed by atoms with Gasteiger partial charge in [0.2, 0.25) is 5.91 Å². The number of rotatable bonds is 4. The van der Waals surface area contributed by atoms with Gasteiger partial charge in [-0.15, -0.1) is 0 Å². The van der Waals surface area contributed by atoms with Gasteiger partial charge in [0.25, 0.3) is 0 Å². The van der Waals surface area contributed by atoms with Crippen LogP contribution in [0.5, 0.6) is 0 Å². The Balaban J connectivity index is 2.41. The summed E-state index contributed by atoms with van der Waals surface area (Å²) in [6.07, 6.45) is 2.77. The standard InChI is InChI=1S/C12H20N2O2/c1-3-11(7-13)12(15)14(2)8-10-5-4-6-16-9-10/h10-11H,3-6,8-9H2,1-2H3. The van der Waals surface area contributed by atoms with E-state index >= 15 is 0 Å². The van der Waals surface area contributed by atoms with Gasteiger partial charge >= 0.3 is 0 Å². The van der Waals surface area contributed by atoms with Crippen LogP contribution in [0, 0.1) is 23.2 Å². The van der Waals surface area contributed by atoms with Crippen molar-refractivity contribution in [2.75, 3.05) is 26.8 Å². The van der Waals surface area contributed by atoms with Gasteiger partial charge in [-0.3, -0.25) is 4.79 Å². The molecule has 1 fully saturated rings. The van der Waals surface area contributed by atoms with Gasteiger partial charge in [-0.1, -0.05) is 6.92 Å². The molecule has 0 saturated carbocycles. The van der Waals surface area contributed by atoms with Crippen molar-refractivity contribution < 1.29 is 9.53 Å². The summed E-state index contributed by atoms with van der Waals surface area (Å²) < 4.78 is 5.37. The monoisotopic (exact) mass is 224 g/mol. The van der Waals surface area contributed by atoms with Crippen LogP contribution in [0.1, 0.15) is 26.2 Å². The Morgan fingerprint density at radius 1 is 1.69 bits per heavy atom. The highest BCUT2D eigenvalue weighted by molar-refractivity contribution is 5.80. The maximum absolute atomic E-state index is 11.8. The summed E-state index contributed by atoms with van der Waals surface area (Å²) in [5.41, 5.74) is 0. The minimum absolute atomic E-state index is 0.0597. The van der Waals surface area contributed by atoms with Crippen LogP contribution in [0.4, 0.5) is 0 Å². The van der Waals surface area contributed by atoms with E-state index in [0.29, 0.717) is 18.9 Å². The molecule has 0 aromatic rings. The minimum atomic E-state index is -0.491. The summed E-state index contributed by atoms with van der Waals surface area (Å²) in [6, 6.07) is 2.05. The molecule has 2 unspecified atom stereocenters. The van der Waals surface area contributed by atoms with Crippen molar-refractivity contribution in [2.45, 2.75) is 26.2 Å². The third-order valence-electron chi connectivity index (χ3n) is 3.03. The molecule has 4 heteroatoms. The number of hydrogen-bond acceptors (Lipinski definition) is 3. The van der Waals surface area contributed by atoms with Crippen molar-refractivity contribution in [3.8, 4) is 6.07 Å². The molecule has 90 valence electrons. The van der Waals surface area contributed by atoms with Crippen LogP contribution in [-0.4, -0.2) is 37.6 Å². The molecule has 2 atom stereocenters. The van der Waals surface area contributed by atoms with Gasteiger partial charge in [-0.2, -0.15) is 5.26 Å². The largest absolute Gasteiger partial charge is 0.381 e. The van der Waals surface area contributed by atoms with Gasteiger partial charge in [0.05, 0.1) is 12.7 Å². The summed E-state index contributed by atoms with van der Waals surface area (Å²) in [5.74, 6) is -0.121. The Kier molecular flexibility index (Phi) is 5.27. The molecule has 0 spiro atoms. The average molecular weight is 224 g/mol. The molecule has 0 aliphatic carbocycles. The highest BCUT2D eigenvalue weighted by Crippen LogP contribution is 2.15. The minimum Gasteiger partial charge on any atom is -0.381 e. The van der Waals surface area contributed by atoms with Gasteiger partial charge in [-0.25, -0.2) is 0 Å². The van der Waals surface area contributed by atoms with Gasteiger partial charge in [0, 0.05) is 20.2 Å². The first kappa shape index (κ1) is 13.0. The van der Waals surface area contributed by atoms with Crippen LogP contribution in [0.25, 0.3) is 0 Å². The maximum Gasteiger partial charge on any atom is 0.239 e.